The molecule has 1 N–H and O–H groups in total. The fraction of sp³-hybridized carbons (Fsp3) is 0.632. The van der Waals surface area contributed by atoms with Gasteiger partial charge in [0, 0.05) is 13.1 Å². The van der Waals surface area contributed by atoms with Crippen LogP contribution >= 0.6 is 12.4 Å². The van der Waals surface area contributed by atoms with E-state index in [-0.39, 0.29) is 17.8 Å². The molecule has 1 aromatic carbocycles. The standard InChI is InChI=1S/C19H29NO2.ClH/c1-15-9-16(2)11-19(10-15,12-18(21)22)14-20(3)13-17-7-5-4-6-8-17;/h4-8,15-16H,9-14H2,1-3H3,(H,21,22);1H/t15-,16+,19?;. The van der Waals surface area contributed by atoms with Gasteiger partial charge in [-0.1, -0.05) is 44.2 Å². The van der Waals surface area contributed by atoms with Gasteiger partial charge in [-0.2, -0.15) is 0 Å². The predicted octanol–water partition coefficient (Wildman–Crippen LogP) is 4.46. The van der Waals surface area contributed by atoms with Crippen molar-refractivity contribution < 1.29 is 9.90 Å². The largest absolute Gasteiger partial charge is 0.481 e. The van der Waals surface area contributed by atoms with E-state index in [2.05, 4.69) is 50.1 Å². The summed E-state index contributed by atoms with van der Waals surface area (Å²) in [6, 6.07) is 10.4. The van der Waals surface area contributed by atoms with Crippen molar-refractivity contribution in [1.82, 2.24) is 4.90 Å². The third kappa shape index (κ3) is 6.15. The molecule has 0 bridgehead atoms. The number of rotatable bonds is 6. The minimum Gasteiger partial charge on any atom is -0.481 e. The van der Waals surface area contributed by atoms with Crippen LogP contribution in [0.5, 0.6) is 0 Å². The topological polar surface area (TPSA) is 40.5 Å². The van der Waals surface area contributed by atoms with Crippen molar-refractivity contribution in [2.24, 2.45) is 17.3 Å². The van der Waals surface area contributed by atoms with E-state index in [1.165, 1.54) is 12.0 Å². The van der Waals surface area contributed by atoms with Crippen LogP contribution in [0.2, 0.25) is 0 Å². The summed E-state index contributed by atoms with van der Waals surface area (Å²) in [5.41, 5.74) is 1.21. The summed E-state index contributed by atoms with van der Waals surface area (Å²) in [6.07, 6.45) is 3.58. The van der Waals surface area contributed by atoms with E-state index in [1.807, 2.05) is 6.07 Å². The van der Waals surface area contributed by atoms with E-state index in [9.17, 15) is 9.90 Å². The lowest BCUT2D eigenvalue weighted by Crippen LogP contribution is -2.42. The third-order valence-corrected chi connectivity index (χ3v) is 4.79. The van der Waals surface area contributed by atoms with Crippen LogP contribution in [0.15, 0.2) is 30.3 Å². The molecule has 0 heterocycles. The summed E-state index contributed by atoms with van der Waals surface area (Å²) in [4.78, 5) is 13.7. The molecule has 1 fully saturated rings. The fourth-order valence-corrected chi connectivity index (χ4v) is 4.59. The predicted molar refractivity (Wildman–Crippen MR) is 96.9 cm³/mol. The first-order valence-electron chi connectivity index (χ1n) is 8.33. The summed E-state index contributed by atoms with van der Waals surface area (Å²) in [7, 11) is 2.11. The molecule has 3 nitrogen and oxygen atoms in total. The number of nitrogens with zero attached hydrogens (tertiary/aromatic N) is 1. The summed E-state index contributed by atoms with van der Waals surface area (Å²) < 4.78 is 0. The zero-order chi connectivity index (χ0) is 16.2. The molecule has 4 heteroatoms. The summed E-state index contributed by atoms with van der Waals surface area (Å²) >= 11 is 0. The first-order valence-corrected chi connectivity index (χ1v) is 8.33. The smallest absolute Gasteiger partial charge is 0.303 e. The van der Waals surface area contributed by atoms with Crippen LogP contribution in [0.25, 0.3) is 0 Å². The van der Waals surface area contributed by atoms with E-state index in [0.29, 0.717) is 18.3 Å². The monoisotopic (exact) mass is 339 g/mol. The van der Waals surface area contributed by atoms with Gasteiger partial charge in [0.1, 0.15) is 0 Å². The van der Waals surface area contributed by atoms with Crippen LogP contribution in [0.4, 0.5) is 0 Å². The van der Waals surface area contributed by atoms with Crippen LogP contribution in [0.1, 0.15) is 45.1 Å². The van der Waals surface area contributed by atoms with Gasteiger partial charge in [-0.15, -0.1) is 12.4 Å². The van der Waals surface area contributed by atoms with Crippen molar-refractivity contribution in [2.75, 3.05) is 13.6 Å². The molecule has 1 aromatic rings. The third-order valence-electron chi connectivity index (χ3n) is 4.79. The molecule has 1 aliphatic carbocycles. The molecule has 2 rings (SSSR count). The number of benzene rings is 1. The Kier molecular flexibility index (Phi) is 7.56. The van der Waals surface area contributed by atoms with Gasteiger partial charge in [-0.25, -0.2) is 0 Å². The number of hydrogen-bond donors (Lipinski definition) is 1. The minimum atomic E-state index is -0.658. The molecule has 130 valence electrons. The second-order valence-electron chi connectivity index (χ2n) is 7.58. The van der Waals surface area contributed by atoms with E-state index < -0.39 is 5.97 Å². The Labute approximate surface area is 146 Å². The number of halogens is 1. The summed E-state index contributed by atoms with van der Waals surface area (Å²) in [6.45, 7) is 6.28. The van der Waals surface area contributed by atoms with Gasteiger partial charge in [0.2, 0.25) is 0 Å². The van der Waals surface area contributed by atoms with Crippen molar-refractivity contribution in [1.29, 1.82) is 0 Å². The van der Waals surface area contributed by atoms with Crippen molar-refractivity contribution in [3.05, 3.63) is 35.9 Å². The van der Waals surface area contributed by atoms with Crippen LogP contribution in [0.3, 0.4) is 0 Å². The molecule has 3 atom stereocenters. The fourth-order valence-electron chi connectivity index (χ4n) is 4.59. The summed E-state index contributed by atoms with van der Waals surface area (Å²) in [5.74, 6) is 0.580. The van der Waals surface area contributed by atoms with Crippen molar-refractivity contribution in [2.45, 2.75) is 46.1 Å². The molecule has 1 aliphatic rings. The number of carboxylic acids is 1. The van der Waals surface area contributed by atoms with Gasteiger partial charge in [-0.05, 0) is 49.1 Å². The minimum absolute atomic E-state index is 0. The van der Waals surface area contributed by atoms with Crippen LogP contribution in [-0.2, 0) is 11.3 Å². The van der Waals surface area contributed by atoms with Crippen LogP contribution < -0.4 is 0 Å². The van der Waals surface area contributed by atoms with Gasteiger partial charge < -0.3 is 10.0 Å². The van der Waals surface area contributed by atoms with Crippen LogP contribution in [0, 0.1) is 17.3 Å². The number of aliphatic carboxylic acids is 1. The Morgan fingerprint density at radius 1 is 1.22 bits per heavy atom. The average molecular weight is 340 g/mol. The Morgan fingerprint density at radius 2 is 1.78 bits per heavy atom. The first kappa shape index (κ1) is 20.0. The number of carbonyl (C=O) groups is 1. The van der Waals surface area contributed by atoms with Crippen molar-refractivity contribution >= 4 is 18.4 Å². The van der Waals surface area contributed by atoms with E-state index in [4.69, 9.17) is 0 Å². The van der Waals surface area contributed by atoms with Gasteiger partial charge in [-0.3, -0.25) is 4.79 Å². The molecule has 0 aliphatic heterocycles. The van der Waals surface area contributed by atoms with E-state index >= 15 is 0 Å². The molecule has 23 heavy (non-hydrogen) atoms. The maximum atomic E-state index is 11.4. The SMILES string of the molecule is C[C@@H]1C[C@H](C)CC(CC(=O)O)(CN(C)Cc2ccccc2)C1.Cl. The zero-order valence-corrected chi connectivity index (χ0v) is 15.3. The zero-order valence-electron chi connectivity index (χ0n) is 14.5. The lowest BCUT2D eigenvalue weighted by molar-refractivity contribution is -0.141. The summed E-state index contributed by atoms with van der Waals surface area (Å²) in [5, 5.41) is 9.39. The van der Waals surface area contributed by atoms with Gasteiger partial charge in [0.05, 0.1) is 6.42 Å². The van der Waals surface area contributed by atoms with Crippen molar-refractivity contribution in [3.8, 4) is 0 Å². The second kappa shape index (κ2) is 8.70. The normalized spacial score (nSPS) is 27.5. The highest BCUT2D eigenvalue weighted by molar-refractivity contribution is 5.85. The Morgan fingerprint density at radius 3 is 2.30 bits per heavy atom. The molecule has 0 aromatic heterocycles. The average Bonchev–Trinajstić information content (AvgIpc) is 2.36. The highest BCUT2D eigenvalue weighted by Gasteiger charge is 2.40. The van der Waals surface area contributed by atoms with Crippen LogP contribution in [-0.4, -0.2) is 29.6 Å². The maximum absolute atomic E-state index is 11.4. The first-order chi connectivity index (χ1) is 10.4. The second-order valence-corrected chi connectivity index (χ2v) is 7.58. The Bertz CT molecular complexity index is 481. The molecule has 1 unspecified atom stereocenters. The van der Waals surface area contributed by atoms with Gasteiger partial charge in [0.25, 0.3) is 0 Å². The maximum Gasteiger partial charge on any atom is 0.303 e. The van der Waals surface area contributed by atoms with Gasteiger partial charge >= 0.3 is 5.97 Å². The number of carboxylic acid groups (broad SMARTS) is 1. The molecule has 0 spiro atoms. The molecule has 0 saturated heterocycles. The highest BCUT2D eigenvalue weighted by atomic mass is 35.5. The molecule has 0 amide bonds. The Hall–Kier alpha value is -1.06. The van der Waals surface area contributed by atoms with Gasteiger partial charge in [0.15, 0.2) is 0 Å². The van der Waals surface area contributed by atoms with Crippen molar-refractivity contribution in [3.63, 3.8) is 0 Å². The number of hydrogen-bond acceptors (Lipinski definition) is 2. The highest BCUT2D eigenvalue weighted by Crippen LogP contribution is 2.45. The molecular formula is C19H30ClNO2. The molecule has 1 saturated carbocycles. The molecular weight excluding hydrogens is 310 g/mol. The van der Waals surface area contributed by atoms with E-state index in [1.54, 1.807) is 0 Å². The quantitative estimate of drug-likeness (QED) is 0.832. The lowest BCUT2D eigenvalue weighted by atomic mass is 9.64. The lowest BCUT2D eigenvalue weighted by Gasteiger charge is -2.44. The van der Waals surface area contributed by atoms with E-state index in [0.717, 1.165) is 25.9 Å². The Balaban J connectivity index is 0.00000264. The molecule has 0 radical (unpaired) electrons.